The molecule has 0 saturated carbocycles. The van der Waals surface area contributed by atoms with Crippen molar-refractivity contribution in [3.63, 3.8) is 0 Å². The lowest BCUT2D eigenvalue weighted by Crippen LogP contribution is -2.46. The second kappa shape index (κ2) is 5.94. The van der Waals surface area contributed by atoms with Crippen LogP contribution in [0.3, 0.4) is 0 Å². The summed E-state index contributed by atoms with van der Waals surface area (Å²) in [5.41, 5.74) is 0. The highest BCUT2D eigenvalue weighted by Gasteiger charge is 2.12. The van der Waals surface area contributed by atoms with E-state index in [1.807, 2.05) is 13.8 Å². The Hall–Kier alpha value is -0.610. The second-order valence-corrected chi connectivity index (χ2v) is 3.64. The van der Waals surface area contributed by atoms with Crippen LogP contribution in [-0.4, -0.2) is 35.7 Å². The molecular weight excluding hydrogens is 168 g/mol. The average molecular weight is 188 g/mol. The zero-order chi connectivity index (χ0) is 10.4. The van der Waals surface area contributed by atoms with E-state index in [-0.39, 0.29) is 18.0 Å². The van der Waals surface area contributed by atoms with E-state index in [2.05, 4.69) is 10.6 Å². The fourth-order valence-electron chi connectivity index (χ4n) is 0.850. The van der Waals surface area contributed by atoms with Crippen LogP contribution in [0.15, 0.2) is 0 Å². The topological polar surface area (TPSA) is 61.4 Å². The maximum atomic E-state index is 11.3. The monoisotopic (exact) mass is 188 g/mol. The zero-order valence-electron chi connectivity index (χ0n) is 8.79. The van der Waals surface area contributed by atoms with E-state index in [1.165, 1.54) is 0 Å². The molecule has 0 spiro atoms. The van der Waals surface area contributed by atoms with E-state index < -0.39 is 6.10 Å². The second-order valence-electron chi connectivity index (χ2n) is 3.64. The lowest BCUT2D eigenvalue weighted by atomic mass is 10.2. The molecule has 1 unspecified atom stereocenters. The van der Waals surface area contributed by atoms with Gasteiger partial charge in [-0.2, -0.15) is 0 Å². The smallest absolute Gasteiger partial charge is 0.237 e. The molecule has 3 N–H and O–H groups in total. The van der Waals surface area contributed by atoms with Crippen LogP contribution in [0.4, 0.5) is 0 Å². The quantitative estimate of drug-likeness (QED) is 0.563. The molecule has 4 nitrogen and oxygen atoms in total. The van der Waals surface area contributed by atoms with E-state index in [1.54, 1.807) is 13.8 Å². The number of amides is 1. The first-order valence-corrected chi connectivity index (χ1v) is 4.65. The van der Waals surface area contributed by atoms with Crippen LogP contribution in [0.5, 0.6) is 0 Å². The van der Waals surface area contributed by atoms with Gasteiger partial charge in [0.15, 0.2) is 0 Å². The first-order chi connectivity index (χ1) is 5.93. The van der Waals surface area contributed by atoms with Gasteiger partial charge in [-0.3, -0.25) is 4.79 Å². The number of carbonyl (C=O) groups is 1. The third-order valence-electron chi connectivity index (χ3n) is 1.54. The number of rotatable bonds is 5. The first kappa shape index (κ1) is 12.4. The number of carbonyl (C=O) groups excluding carboxylic acids is 1. The summed E-state index contributed by atoms with van der Waals surface area (Å²) in [4.78, 5) is 11.3. The molecule has 0 fully saturated rings. The van der Waals surface area contributed by atoms with E-state index >= 15 is 0 Å². The molecule has 0 bridgehead atoms. The van der Waals surface area contributed by atoms with Crippen molar-refractivity contribution in [2.24, 2.45) is 0 Å². The Morgan fingerprint density at radius 1 is 1.31 bits per heavy atom. The molecule has 0 radical (unpaired) electrons. The van der Waals surface area contributed by atoms with Gasteiger partial charge >= 0.3 is 0 Å². The molecule has 2 atom stereocenters. The Labute approximate surface area is 79.7 Å². The maximum absolute atomic E-state index is 11.3. The fraction of sp³-hybridized carbons (Fsp3) is 0.889. The SMILES string of the molecule is CC(C)NC(=O)C(C)NC[C@H](C)O. The minimum atomic E-state index is -0.422. The maximum Gasteiger partial charge on any atom is 0.237 e. The molecule has 0 heterocycles. The molecule has 0 saturated heterocycles. The summed E-state index contributed by atoms with van der Waals surface area (Å²) in [6.07, 6.45) is -0.422. The molecule has 0 aliphatic heterocycles. The van der Waals surface area contributed by atoms with Gasteiger partial charge in [-0.05, 0) is 27.7 Å². The van der Waals surface area contributed by atoms with Crippen LogP contribution in [-0.2, 0) is 4.79 Å². The van der Waals surface area contributed by atoms with E-state index in [4.69, 9.17) is 5.11 Å². The van der Waals surface area contributed by atoms with E-state index in [0.29, 0.717) is 6.54 Å². The minimum absolute atomic E-state index is 0.0318. The normalized spacial score (nSPS) is 15.5. The molecular formula is C9H20N2O2. The molecule has 0 aliphatic rings. The summed E-state index contributed by atoms with van der Waals surface area (Å²) in [6, 6.07) is -0.0969. The van der Waals surface area contributed by atoms with Crippen LogP contribution in [0.1, 0.15) is 27.7 Å². The summed E-state index contributed by atoms with van der Waals surface area (Å²) in [5.74, 6) is -0.0318. The highest BCUT2D eigenvalue weighted by Crippen LogP contribution is 1.86. The Morgan fingerprint density at radius 3 is 2.23 bits per heavy atom. The Balaban J connectivity index is 3.69. The zero-order valence-corrected chi connectivity index (χ0v) is 8.79. The lowest BCUT2D eigenvalue weighted by Gasteiger charge is -2.16. The highest BCUT2D eigenvalue weighted by atomic mass is 16.3. The van der Waals surface area contributed by atoms with Crippen molar-refractivity contribution < 1.29 is 9.90 Å². The minimum Gasteiger partial charge on any atom is -0.392 e. The molecule has 0 rings (SSSR count). The van der Waals surface area contributed by atoms with Gasteiger partial charge in [0.25, 0.3) is 0 Å². The third kappa shape index (κ3) is 6.54. The van der Waals surface area contributed by atoms with Crippen molar-refractivity contribution in [1.82, 2.24) is 10.6 Å². The fourth-order valence-corrected chi connectivity index (χ4v) is 0.850. The lowest BCUT2D eigenvalue weighted by molar-refractivity contribution is -0.123. The largest absolute Gasteiger partial charge is 0.392 e. The Kier molecular flexibility index (Phi) is 5.66. The van der Waals surface area contributed by atoms with E-state index in [9.17, 15) is 4.79 Å². The average Bonchev–Trinajstić information content (AvgIpc) is 1.98. The van der Waals surface area contributed by atoms with Crippen LogP contribution in [0.25, 0.3) is 0 Å². The highest BCUT2D eigenvalue weighted by molar-refractivity contribution is 5.81. The molecule has 4 heteroatoms. The molecule has 0 aromatic carbocycles. The van der Waals surface area contributed by atoms with Crippen LogP contribution >= 0.6 is 0 Å². The predicted molar refractivity (Wildman–Crippen MR) is 52.4 cm³/mol. The number of nitrogens with one attached hydrogen (secondary N) is 2. The van der Waals surface area contributed by atoms with Crippen molar-refractivity contribution >= 4 is 5.91 Å². The summed E-state index contributed by atoms with van der Waals surface area (Å²) in [7, 11) is 0. The summed E-state index contributed by atoms with van der Waals surface area (Å²) >= 11 is 0. The van der Waals surface area contributed by atoms with Crippen molar-refractivity contribution in [2.75, 3.05) is 6.54 Å². The Bertz CT molecular complexity index is 158. The van der Waals surface area contributed by atoms with Crippen LogP contribution in [0.2, 0.25) is 0 Å². The van der Waals surface area contributed by atoms with Gasteiger partial charge in [0.05, 0.1) is 12.1 Å². The van der Waals surface area contributed by atoms with Gasteiger partial charge in [-0.25, -0.2) is 0 Å². The van der Waals surface area contributed by atoms with Gasteiger partial charge in [0.2, 0.25) is 5.91 Å². The summed E-state index contributed by atoms with van der Waals surface area (Å²) in [5, 5.41) is 14.7. The third-order valence-corrected chi connectivity index (χ3v) is 1.54. The van der Waals surface area contributed by atoms with Crippen molar-refractivity contribution in [2.45, 2.75) is 45.9 Å². The molecule has 1 amide bonds. The number of aliphatic hydroxyl groups excluding tert-OH is 1. The number of hydrogen-bond acceptors (Lipinski definition) is 3. The van der Waals surface area contributed by atoms with Crippen LogP contribution < -0.4 is 10.6 Å². The van der Waals surface area contributed by atoms with Gasteiger partial charge in [-0.1, -0.05) is 0 Å². The molecule has 0 aromatic rings. The van der Waals surface area contributed by atoms with Gasteiger partial charge in [0, 0.05) is 12.6 Å². The number of aliphatic hydroxyl groups is 1. The molecule has 78 valence electrons. The first-order valence-electron chi connectivity index (χ1n) is 4.65. The van der Waals surface area contributed by atoms with Crippen molar-refractivity contribution in [1.29, 1.82) is 0 Å². The Morgan fingerprint density at radius 2 is 1.85 bits per heavy atom. The number of hydrogen-bond donors (Lipinski definition) is 3. The molecule has 0 aromatic heterocycles. The summed E-state index contributed by atoms with van der Waals surface area (Å²) in [6.45, 7) is 7.73. The van der Waals surface area contributed by atoms with E-state index in [0.717, 1.165) is 0 Å². The predicted octanol–water partition coefficient (Wildman–Crippen LogP) is -0.130. The van der Waals surface area contributed by atoms with Crippen molar-refractivity contribution in [3.05, 3.63) is 0 Å². The van der Waals surface area contributed by atoms with Gasteiger partial charge in [0.1, 0.15) is 0 Å². The molecule has 13 heavy (non-hydrogen) atoms. The molecule has 0 aliphatic carbocycles. The van der Waals surface area contributed by atoms with Gasteiger partial charge in [-0.15, -0.1) is 0 Å². The van der Waals surface area contributed by atoms with Crippen molar-refractivity contribution in [3.8, 4) is 0 Å². The summed E-state index contributed by atoms with van der Waals surface area (Å²) < 4.78 is 0. The standard InChI is InChI=1S/C9H20N2O2/c1-6(2)11-9(13)8(4)10-5-7(3)12/h6-8,10,12H,5H2,1-4H3,(H,11,13)/t7-,8?/m0/s1. The van der Waals surface area contributed by atoms with Crippen LogP contribution in [0, 0.1) is 0 Å². The van der Waals surface area contributed by atoms with Gasteiger partial charge < -0.3 is 15.7 Å².